The lowest BCUT2D eigenvalue weighted by Gasteiger charge is -2.20. The Hall–Kier alpha value is -1.68. The molecule has 4 heteroatoms. The molecule has 2 aromatic rings. The minimum atomic E-state index is 0.769. The third-order valence-corrected chi connectivity index (χ3v) is 3.39. The van der Waals surface area contributed by atoms with Gasteiger partial charge in [0.2, 0.25) is 0 Å². The van der Waals surface area contributed by atoms with E-state index in [0.717, 1.165) is 30.3 Å². The highest BCUT2D eigenvalue weighted by atomic mass is 15.2. The number of hydrogen-bond donors (Lipinski definition) is 1. The molecule has 1 aromatic carbocycles. The maximum absolute atomic E-state index is 4.15. The van der Waals surface area contributed by atoms with E-state index in [9.17, 15) is 0 Å². The van der Waals surface area contributed by atoms with E-state index < -0.39 is 0 Å². The second-order valence-corrected chi connectivity index (χ2v) is 4.90. The number of aromatic nitrogens is 2. The molecule has 0 amide bonds. The van der Waals surface area contributed by atoms with Crippen molar-refractivity contribution >= 4 is 16.6 Å². The van der Waals surface area contributed by atoms with Crippen molar-refractivity contribution in [2.75, 3.05) is 25.0 Å². The molecule has 0 unspecified atom stereocenters. The van der Waals surface area contributed by atoms with Gasteiger partial charge in [-0.25, -0.2) is 0 Å². The second kappa shape index (κ2) is 4.90. The molecule has 4 nitrogen and oxygen atoms in total. The molecule has 0 bridgehead atoms. The van der Waals surface area contributed by atoms with Gasteiger partial charge in [0.15, 0.2) is 0 Å². The summed E-state index contributed by atoms with van der Waals surface area (Å²) in [5, 5.41) is 12.9. The van der Waals surface area contributed by atoms with Crippen LogP contribution in [0, 0.1) is 0 Å². The van der Waals surface area contributed by atoms with Crippen LogP contribution in [-0.2, 0) is 0 Å². The van der Waals surface area contributed by atoms with E-state index >= 15 is 0 Å². The summed E-state index contributed by atoms with van der Waals surface area (Å²) < 4.78 is 0. The van der Waals surface area contributed by atoms with Crippen LogP contribution in [0.2, 0.25) is 0 Å². The van der Waals surface area contributed by atoms with Crippen molar-refractivity contribution in [1.82, 2.24) is 15.5 Å². The van der Waals surface area contributed by atoms with Gasteiger partial charge in [0.1, 0.15) is 0 Å². The maximum Gasteiger partial charge on any atom is 0.0950 e. The molecule has 1 aliphatic carbocycles. The Morgan fingerprint density at radius 1 is 1.33 bits per heavy atom. The highest BCUT2D eigenvalue weighted by Gasteiger charge is 2.19. The largest absolute Gasteiger partial charge is 0.371 e. The molecule has 1 saturated carbocycles. The van der Waals surface area contributed by atoms with Gasteiger partial charge in [0.05, 0.1) is 17.4 Å². The summed E-state index contributed by atoms with van der Waals surface area (Å²) in [5.41, 5.74) is 2.11. The van der Waals surface area contributed by atoms with Crippen LogP contribution >= 0.6 is 0 Å². The predicted molar refractivity (Wildman–Crippen MR) is 73.8 cm³/mol. The number of anilines is 1. The zero-order valence-corrected chi connectivity index (χ0v) is 10.6. The van der Waals surface area contributed by atoms with Crippen molar-refractivity contribution in [2.24, 2.45) is 0 Å². The first-order valence-electron chi connectivity index (χ1n) is 6.49. The van der Waals surface area contributed by atoms with Gasteiger partial charge in [-0.15, -0.1) is 0 Å². The standard InChI is InChI=1S/C14H18N4/c1-18(9-8-15-11-6-7-11)14-10-16-17-13-5-3-2-4-12(13)14/h2-5,10-11,15H,6-9H2,1H3. The lowest BCUT2D eigenvalue weighted by Crippen LogP contribution is -2.30. The SMILES string of the molecule is CN(CCNC1CC1)c1cnnc2ccccc12. The molecule has 0 spiro atoms. The average Bonchev–Trinajstić information content (AvgIpc) is 3.22. The summed E-state index contributed by atoms with van der Waals surface area (Å²) in [5.74, 6) is 0. The van der Waals surface area contributed by atoms with Gasteiger partial charge in [-0.3, -0.25) is 0 Å². The van der Waals surface area contributed by atoms with Gasteiger partial charge >= 0.3 is 0 Å². The van der Waals surface area contributed by atoms with Crippen LogP contribution in [0.3, 0.4) is 0 Å². The van der Waals surface area contributed by atoms with Gasteiger partial charge in [-0.1, -0.05) is 18.2 Å². The Balaban J connectivity index is 1.75. The number of likely N-dealkylation sites (N-methyl/N-ethyl adjacent to an activating group) is 1. The third-order valence-electron chi connectivity index (χ3n) is 3.39. The molecule has 1 fully saturated rings. The molecule has 0 aliphatic heterocycles. The number of benzene rings is 1. The fourth-order valence-corrected chi connectivity index (χ4v) is 2.14. The number of nitrogens with zero attached hydrogens (tertiary/aromatic N) is 3. The first kappa shape index (κ1) is 11.4. The first-order chi connectivity index (χ1) is 8.84. The normalized spacial score (nSPS) is 14.9. The Morgan fingerprint density at radius 3 is 3.00 bits per heavy atom. The van der Waals surface area contributed by atoms with E-state index in [1.165, 1.54) is 18.2 Å². The van der Waals surface area contributed by atoms with E-state index in [1.807, 2.05) is 24.4 Å². The minimum absolute atomic E-state index is 0.769. The van der Waals surface area contributed by atoms with Gasteiger partial charge in [0.25, 0.3) is 0 Å². The second-order valence-electron chi connectivity index (χ2n) is 4.90. The Kier molecular flexibility index (Phi) is 3.11. The Labute approximate surface area is 107 Å². The molecule has 1 aromatic heterocycles. The fraction of sp³-hybridized carbons (Fsp3) is 0.429. The first-order valence-corrected chi connectivity index (χ1v) is 6.49. The molecular weight excluding hydrogens is 224 g/mol. The van der Waals surface area contributed by atoms with Crippen LogP contribution in [0.5, 0.6) is 0 Å². The van der Waals surface area contributed by atoms with Gasteiger partial charge in [0, 0.05) is 31.6 Å². The molecule has 3 rings (SSSR count). The van der Waals surface area contributed by atoms with Crippen LogP contribution in [-0.4, -0.2) is 36.4 Å². The monoisotopic (exact) mass is 242 g/mol. The van der Waals surface area contributed by atoms with Crippen molar-refractivity contribution < 1.29 is 0 Å². The molecule has 18 heavy (non-hydrogen) atoms. The van der Waals surface area contributed by atoms with Gasteiger partial charge in [-0.2, -0.15) is 10.2 Å². The van der Waals surface area contributed by atoms with Crippen LogP contribution in [0.4, 0.5) is 5.69 Å². The topological polar surface area (TPSA) is 41.0 Å². The van der Waals surface area contributed by atoms with Crippen LogP contribution in [0.1, 0.15) is 12.8 Å². The fourth-order valence-electron chi connectivity index (χ4n) is 2.14. The smallest absolute Gasteiger partial charge is 0.0950 e. The van der Waals surface area contributed by atoms with Crippen molar-refractivity contribution in [3.8, 4) is 0 Å². The summed E-state index contributed by atoms with van der Waals surface area (Å²) in [7, 11) is 2.11. The number of hydrogen-bond acceptors (Lipinski definition) is 4. The lowest BCUT2D eigenvalue weighted by molar-refractivity contribution is 0.675. The van der Waals surface area contributed by atoms with Crippen molar-refractivity contribution in [3.63, 3.8) is 0 Å². The summed E-state index contributed by atoms with van der Waals surface area (Å²) in [6.07, 6.45) is 4.52. The quantitative estimate of drug-likeness (QED) is 0.868. The van der Waals surface area contributed by atoms with Crippen LogP contribution < -0.4 is 10.2 Å². The third kappa shape index (κ3) is 2.43. The summed E-state index contributed by atoms with van der Waals surface area (Å²) in [4.78, 5) is 2.24. The lowest BCUT2D eigenvalue weighted by atomic mass is 10.2. The van der Waals surface area contributed by atoms with E-state index in [1.54, 1.807) is 0 Å². The highest BCUT2D eigenvalue weighted by molar-refractivity contribution is 5.90. The Morgan fingerprint density at radius 2 is 2.17 bits per heavy atom. The number of rotatable bonds is 5. The van der Waals surface area contributed by atoms with Crippen LogP contribution in [0.15, 0.2) is 30.5 Å². The zero-order chi connectivity index (χ0) is 12.4. The molecule has 0 saturated heterocycles. The van der Waals surface area contributed by atoms with Crippen LogP contribution in [0.25, 0.3) is 10.9 Å². The number of fused-ring (bicyclic) bond motifs is 1. The predicted octanol–water partition coefficient (Wildman–Crippen LogP) is 1.82. The van der Waals surface area contributed by atoms with E-state index in [0.29, 0.717) is 0 Å². The molecule has 0 atom stereocenters. The van der Waals surface area contributed by atoms with E-state index in [4.69, 9.17) is 0 Å². The molecule has 1 N–H and O–H groups in total. The van der Waals surface area contributed by atoms with Crippen molar-refractivity contribution in [3.05, 3.63) is 30.5 Å². The minimum Gasteiger partial charge on any atom is -0.371 e. The maximum atomic E-state index is 4.15. The summed E-state index contributed by atoms with van der Waals surface area (Å²) in [6.45, 7) is 2.02. The molecular formula is C14H18N4. The van der Waals surface area contributed by atoms with Crippen molar-refractivity contribution in [2.45, 2.75) is 18.9 Å². The van der Waals surface area contributed by atoms with E-state index in [2.05, 4.69) is 33.5 Å². The highest BCUT2D eigenvalue weighted by Crippen LogP contribution is 2.23. The van der Waals surface area contributed by atoms with Gasteiger partial charge in [-0.05, 0) is 18.9 Å². The zero-order valence-electron chi connectivity index (χ0n) is 10.6. The molecule has 0 radical (unpaired) electrons. The molecule has 1 aliphatic rings. The summed E-state index contributed by atoms with van der Waals surface area (Å²) >= 11 is 0. The number of nitrogens with one attached hydrogen (secondary N) is 1. The Bertz CT molecular complexity index is 531. The molecule has 1 heterocycles. The average molecular weight is 242 g/mol. The van der Waals surface area contributed by atoms with Crippen molar-refractivity contribution in [1.29, 1.82) is 0 Å². The molecule has 94 valence electrons. The summed E-state index contributed by atoms with van der Waals surface area (Å²) in [6, 6.07) is 8.91. The van der Waals surface area contributed by atoms with Gasteiger partial charge < -0.3 is 10.2 Å². The van der Waals surface area contributed by atoms with E-state index in [-0.39, 0.29) is 0 Å².